The van der Waals surface area contributed by atoms with Crippen molar-refractivity contribution in [2.24, 2.45) is 11.8 Å². The fraction of sp³-hybridized carbons (Fsp3) is 0.762. The lowest BCUT2D eigenvalue weighted by Crippen LogP contribution is -2.49. The topological polar surface area (TPSA) is 52.6 Å². The standard InChI is InChI=1S/C21H33N5O/c1-17-8-10-24(11-9-17)19-6-7-20(23-22-19)25-12-14-26(15-13-25)21(27)16-18-4-2-3-5-18/h6-7,17-18H,2-5,8-16H2,1H3. The van der Waals surface area contributed by atoms with Gasteiger partial charge in [0.15, 0.2) is 11.6 Å². The fourth-order valence-electron chi connectivity index (χ4n) is 4.67. The van der Waals surface area contributed by atoms with Gasteiger partial charge in [-0.15, -0.1) is 10.2 Å². The minimum absolute atomic E-state index is 0.349. The van der Waals surface area contributed by atoms with E-state index in [1.54, 1.807) is 0 Å². The van der Waals surface area contributed by atoms with Crippen molar-refractivity contribution in [3.05, 3.63) is 12.1 Å². The van der Waals surface area contributed by atoms with Crippen molar-refractivity contribution in [2.75, 3.05) is 49.1 Å². The second-order valence-electron chi connectivity index (χ2n) is 8.64. The second-order valence-corrected chi connectivity index (χ2v) is 8.64. The van der Waals surface area contributed by atoms with Crippen molar-refractivity contribution >= 4 is 17.5 Å². The number of piperazine rings is 1. The average Bonchev–Trinajstić information content (AvgIpc) is 3.22. The first-order valence-corrected chi connectivity index (χ1v) is 10.8. The summed E-state index contributed by atoms with van der Waals surface area (Å²) in [6.45, 7) is 7.80. The van der Waals surface area contributed by atoms with Crippen molar-refractivity contribution < 1.29 is 4.79 Å². The van der Waals surface area contributed by atoms with E-state index in [1.165, 1.54) is 38.5 Å². The fourth-order valence-corrected chi connectivity index (χ4v) is 4.67. The van der Waals surface area contributed by atoms with E-state index in [0.717, 1.165) is 63.2 Å². The Bertz CT molecular complexity index is 612. The molecule has 2 saturated heterocycles. The van der Waals surface area contributed by atoms with E-state index in [1.807, 2.05) is 4.90 Å². The first kappa shape index (κ1) is 18.5. The summed E-state index contributed by atoms with van der Waals surface area (Å²) in [4.78, 5) is 19.2. The molecule has 0 unspecified atom stereocenters. The number of anilines is 2. The number of aromatic nitrogens is 2. The number of amides is 1. The minimum Gasteiger partial charge on any atom is -0.355 e. The molecule has 6 heteroatoms. The summed E-state index contributed by atoms with van der Waals surface area (Å²) in [7, 11) is 0. The van der Waals surface area contributed by atoms with Gasteiger partial charge in [-0.1, -0.05) is 19.8 Å². The summed E-state index contributed by atoms with van der Waals surface area (Å²) in [5, 5.41) is 8.96. The molecular weight excluding hydrogens is 338 g/mol. The molecule has 148 valence electrons. The molecule has 3 heterocycles. The van der Waals surface area contributed by atoms with Crippen LogP contribution in [-0.4, -0.2) is 60.3 Å². The predicted octanol–water partition coefficient (Wildman–Crippen LogP) is 2.94. The van der Waals surface area contributed by atoms with Gasteiger partial charge in [0.2, 0.25) is 5.91 Å². The predicted molar refractivity (Wildman–Crippen MR) is 108 cm³/mol. The third-order valence-corrected chi connectivity index (χ3v) is 6.64. The van der Waals surface area contributed by atoms with Gasteiger partial charge >= 0.3 is 0 Å². The van der Waals surface area contributed by atoms with Crippen LogP contribution in [0.25, 0.3) is 0 Å². The number of hydrogen-bond donors (Lipinski definition) is 0. The number of carbonyl (C=O) groups excluding carboxylic acids is 1. The van der Waals surface area contributed by atoms with E-state index in [-0.39, 0.29) is 0 Å². The molecule has 1 aromatic heterocycles. The second kappa shape index (κ2) is 8.44. The van der Waals surface area contributed by atoms with Crippen molar-refractivity contribution in [3.63, 3.8) is 0 Å². The van der Waals surface area contributed by atoms with Gasteiger partial charge in [0.25, 0.3) is 0 Å². The van der Waals surface area contributed by atoms with Gasteiger partial charge in [0, 0.05) is 45.7 Å². The van der Waals surface area contributed by atoms with Crippen molar-refractivity contribution in [2.45, 2.75) is 51.9 Å². The third-order valence-electron chi connectivity index (χ3n) is 6.64. The van der Waals surface area contributed by atoms with Crippen LogP contribution in [0.1, 0.15) is 51.9 Å². The summed E-state index contributed by atoms with van der Waals surface area (Å²) >= 11 is 0. The zero-order valence-electron chi connectivity index (χ0n) is 16.6. The summed E-state index contributed by atoms with van der Waals surface area (Å²) in [6.07, 6.45) is 8.31. The van der Waals surface area contributed by atoms with Crippen LogP contribution in [0.2, 0.25) is 0 Å². The molecule has 0 N–H and O–H groups in total. The van der Waals surface area contributed by atoms with Crippen LogP contribution in [0.4, 0.5) is 11.6 Å². The highest BCUT2D eigenvalue weighted by molar-refractivity contribution is 5.76. The number of piperidine rings is 1. The molecule has 0 aromatic carbocycles. The summed E-state index contributed by atoms with van der Waals surface area (Å²) in [6, 6.07) is 4.20. The Kier molecular flexibility index (Phi) is 5.79. The lowest BCUT2D eigenvalue weighted by molar-refractivity contribution is -0.132. The molecule has 27 heavy (non-hydrogen) atoms. The Morgan fingerprint density at radius 1 is 0.889 bits per heavy atom. The lowest BCUT2D eigenvalue weighted by Gasteiger charge is -2.36. The molecular formula is C21H33N5O. The zero-order valence-corrected chi connectivity index (χ0v) is 16.6. The van der Waals surface area contributed by atoms with Gasteiger partial charge in [-0.25, -0.2) is 0 Å². The van der Waals surface area contributed by atoms with Crippen LogP contribution in [0, 0.1) is 11.8 Å². The van der Waals surface area contributed by atoms with Gasteiger partial charge in [-0.05, 0) is 49.7 Å². The molecule has 3 aliphatic rings. The maximum Gasteiger partial charge on any atom is 0.222 e. The lowest BCUT2D eigenvalue weighted by atomic mass is 9.99. The van der Waals surface area contributed by atoms with E-state index < -0.39 is 0 Å². The first-order valence-electron chi connectivity index (χ1n) is 10.8. The van der Waals surface area contributed by atoms with E-state index in [2.05, 4.69) is 39.1 Å². The molecule has 0 spiro atoms. The highest BCUT2D eigenvalue weighted by atomic mass is 16.2. The van der Waals surface area contributed by atoms with E-state index in [9.17, 15) is 4.79 Å². The van der Waals surface area contributed by atoms with Gasteiger partial charge < -0.3 is 14.7 Å². The Morgan fingerprint density at radius 2 is 1.44 bits per heavy atom. The number of rotatable bonds is 4. The Hall–Kier alpha value is -1.85. The average molecular weight is 372 g/mol. The maximum absolute atomic E-state index is 12.5. The quantitative estimate of drug-likeness (QED) is 0.814. The summed E-state index contributed by atoms with van der Waals surface area (Å²) in [5.74, 6) is 3.73. The van der Waals surface area contributed by atoms with E-state index in [4.69, 9.17) is 0 Å². The smallest absolute Gasteiger partial charge is 0.222 e. The molecule has 1 aliphatic carbocycles. The van der Waals surface area contributed by atoms with Gasteiger partial charge in [0.1, 0.15) is 0 Å². The van der Waals surface area contributed by atoms with Crippen LogP contribution in [-0.2, 0) is 4.79 Å². The minimum atomic E-state index is 0.349. The normalized spacial score (nSPS) is 22.5. The number of hydrogen-bond acceptors (Lipinski definition) is 5. The molecule has 4 rings (SSSR count). The molecule has 3 fully saturated rings. The van der Waals surface area contributed by atoms with Crippen LogP contribution >= 0.6 is 0 Å². The maximum atomic E-state index is 12.5. The number of carbonyl (C=O) groups is 1. The SMILES string of the molecule is CC1CCN(c2ccc(N3CCN(C(=O)CC4CCCC4)CC3)nn2)CC1. The van der Waals surface area contributed by atoms with Gasteiger partial charge in [0.05, 0.1) is 0 Å². The Balaban J connectivity index is 1.27. The van der Waals surface area contributed by atoms with Crippen molar-refractivity contribution in [1.82, 2.24) is 15.1 Å². The molecule has 0 bridgehead atoms. The molecule has 6 nitrogen and oxygen atoms in total. The largest absolute Gasteiger partial charge is 0.355 e. The summed E-state index contributed by atoms with van der Waals surface area (Å²) in [5.41, 5.74) is 0. The molecule has 1 saturated carbocycles. The van der Waals surface area contributed by atoms with Gasteiger partial charge in [-0.3, -0.25) is 4.79 Å². The monoisotopic (exact) mass is 371 g/mol. The highest BCUT2D eigenvalue weighted by Crippen LogP contribution is 2.28. The van der Waals surface area contributed by atoms with Crippen LogP contribution in [0.15, 0.2) is 12.1 Å². The van der Waals surface area contributed by atoms with Crippen molar-refractivity contribution in [1.29, 1.82) is 0 Å². The van der Waals surface area contributed by atoms with Crippen LogP contribution in [0.3, 0.4) is 0 Å². The zero-order chi connectivity index (χ0) is 18.6. The van der Waals surface area contributed by atoms with E-state index >= 15 is 0 Å². The first-order chi connectivity index (χ1) is 13.2. The summed E-state index contributed by atoms with van der Waals surface area (Å²) < 4.78 is 0. The molecule has 0 atom stereocenters. The molecule has 1 amide bonds. The molecule has 0 radical (unpaired) electrons. The Labute approximate surface area is 162 Å². The third kappa shape index (κ3) is 4.53. The highest BCUT2D eigenvalue weighted by Gasteiger charge is 2.26. The van der Waals surface area contributed by atoms with Crippen LogP contribution < -0.4 is 9.80 Å². The molecule has 2 aliphatic heterocycles. The van der Waals surface area contributed by atoms with Crippen LogP contribution in [0.5, 0.6) is 0 Å². The Morgan fingerprint density at radius 3 is 2.00 bits per heavy atom. The number of nitrogens with zero attached hydrogens (tertiary/aromatic N) is 5. The van der Waals surface area contributed by atoms with Crippen molar-refractivity contribution in [3.8, 4) is 0 Å². The van der Waals surface area contributed by atoms with Gasteiger partial charge in [-0.2, -0.15) is 0 Å². The van der Waals surface area contributed by atoms with E-state index in [0.29, 0.717) is 11.8 Å². The molecule has 1 aromatic rings.